The number of fused-ring (bicyclic) bond motifs is 2. The highest BCUT2D eigenvalue weighted by atomic mass is 32.1. The second-order valence-electron chi connectivity index (χ2n) is 11.9. The molecular weight excluding hydrogens is 538 g/mol. The van der Waals surface area contributed by atoms with Crippen LogP contribution in [0.1, 0.15) is 52.7 Å². The van der Waals surface area contributed by atoms with E-state index in [2.05, 4.69) is 23.3 Å². The van der Waals surface area contributed by atoms with Gasteiger partial charge in [0.15, 0.2) is 5.13 Å². The fraction of sp³-hybridized carbons (Fsp3) is 0.469. The second kappa shape index (κ2) is 11.4. The van der Waals surface area contributed by atoms with Crippen LogP contribution in [-0.2, 0) is 11.4 Å². The number of amides is 1. The van der Waals surface area contributed by atoms with Crippen LogP contribution in [0.4, 0.5) is 5.13 Å². The fourth-order valence-corrected chi connectivity index (χ4v) is 7.60. The Labute approximate surface area is 244 Å². The van der Waals surface area contributed by atoms with Crippen molar-refractivity contribution in [3.8, 4) is 17.0 Å². The van der Waals surface area contributed by atoms with E-state index >= 15 is 0 Å². The number of piperidine rings is 1. The minimum absolute atomic E-state index is 0.0481. The lowest BCUT2D eigenvalue weighted by Gasteiger charge is -2.45. The molecule has 1 aromatic heterocycles. The van der Waals surface area contributed by atoms with Crippen molar-refractivity contribution in [3.05, 3.63) is 64.0 Å². The molecule has 3 heterocycles. The van der Waals surface area contributed by atoms with Gasteiger partial charge in [0.25, 0.3) is 5.91 Å². The third kappa shape index (κ3) is 5.70. The monoisotopic (exact) mass is 575 g/mol. The number of aliphatic hydroxyl groups is 1. The van der Waals surface area contributed by atoms with Crippen LogP contribution in [0.15, 0.2) is 41.8 Å². The van der Waals surface area contributed by atoms with E-state index in [9.17, 15) is 19.8 Å². The molecular formula is C32H37N3O5S. The lowest BCUT2D eigenvalue weighted by molar-refractivity contribution is -0.148. The number of carbonyl (C=O) groups excluding carboxylic acids is 1. The third-order valence-corrected chi connectivity index (χ3v) is 9.86. The van der Waals surface area contributed by atoms with Crippen molar-refractivity contribution >= 4 is 28.3 Å². The minimum atomic E-state index is -0.649. The highest BCUT2D eigenvalue weighted by Gasteiger charge is 2.44. The predicted octanol–water partition coefficient (Wildman–Crippen LogP) is 5.15. The fourth-order valence-electron chi connectivity index (χ4n) is 6.75. The SMILES string of the molecule is Cc1ccc(OCc2ccc(C(=O)N3CC[C@@H](O)C3)cc2C)c(-c2csc(N3C[C@H]4CCC[C@@H](C3)C4C(=O)O)n2)c1. The maximum atomic E-state index is 12.8. The van der Waals surface area contributed by atoms with Crippen molar-refractivity contribution in [3.63, 3.8) is 0 Å². The lowest BCUT2D eigenvalue weighted by atomic mass is 9.69. The molecule has 3 aliphatic rings. The predicted molar refractivity (Wildman–Crippen MR) is 158 cm³/mol. The number of benzene rings is 2. The largest absolute Gasteiger partial charge is 0.488 e. The summed E-state index contributed by atoms with van der Waals surface area (Å²) in [6.07, 6.45) is 3.23. The van der Waals surface area contributed by atoms with Gasteiger partial charge >= 0.3 is 5.97 Å². The van der Waals surface area contributed by atoms with Crippen molar-refractivity contribution in [2.45, 2.75) is 52.2 Å². The van der Waals surface area contributed by atoms with Crippen LogP contribution in [0.2, 0.25) is 0 Å². The number of ether oxygens (including phenoxy) is 1. The number of aliphatic carboxylic acids is 1. The van der Waals surface area contributed by atoms with Gasteiger partial charge in [-0.2, -0.15) is 0 Å². The summed E-state index contributed by atoms with van der Waals surface area (Å²) in [4.78, 5) is 33.7. The van der Waals surface area contributed by atoms with Crippen molar-refractivity contribution in [2.75, 3.05) is 31.1 Å². The maximum absolute atomic E-state index is 12.8. The number of aryl methyl sites for hydroxylation is 2. The number of thiazole rings is 1. The van der Waals surface area contributed by atoms with Crippen molar-refractivity contribution < 1.29 is 24.5 Å². The molecule has 8 nitrogen and oxygen atoms in total. The number of hydrogen-bond donors (Lipinski definition) is 2. The molecule has 1 saturated carbocycles. The number of hydrogen-bond acceptors (Lipinski definition) is 7. The number of anilines is 1. The Morgan fingerprint density at radius 3 is 2.51 bits per heavy atom. The quantitative estimate of drug-likeness (QED) is 0.402. The Kier molecular flexibility index (Phi) is 7.74. The van der Waals surface area contributed by atoms with Gasteiger partial charge in [-0.15, -0.1) is 11.3 Å². The molecule has 6 rings (SSSR count). The number of carboxylic acid groups (broad SMARTS) is 1. The third-order valence-electron chi connectivity index (χ3n) is 8.96. The Hall–Kier alpha value is -3.43. The average molecular weight is 576 g/mol. The van der Waals surface area contributed by atoms with E-state index in [0.717, 1.165) is 71.2 Å². The van der Waals surface area contributed by atoms with Gasteiger partial charge in [0.2, 0.25) is 0 Å². The lowest BCUT2D eigenvalue weighted by Crippen LogP contribution is -2.51. The molecule has 3 aromatic rings. The Balaban J connectivity index is 1.17. The Morgan fingerprint density at radius 1 is 1.05 bits per heavy atom. The molecule has 2 bridgehead atoms. The molecule has 41 heavy (non-hydrogen) atoms. The number of nitrogens with zero attached hydrogens (tertiary/aromatic N) is 3. The smallest absolute Gasteiger partial charge is 0.307 e. The summed E-state index contributed by atoms with van der Waals surface area (Å²) in [7, 11) is 0. The standard InChI is InChI=1S/C32H37N3O5S/c1-19-6-9-28(40-17-24-8-7-21(13-20(24)2)30(37)34-11-10-25(36)16-34)26(12-19)27-18-41-32(33-27)35-14-22-4-3-5-23(15-35)29(22)31(38)39/h6-9,12-13,18,22-23,25,29,36H,3-5,10-11,14-17H2,1-2H3,(H,38,39)/t22-,23+,25-,29?/m1/s1. The van der Waals surface area contributed by atoms with Gasteiger partial charge in [-0.05, 0) is 80.3 Å². The minimum Gasteiger partial charge on any atom is -0.488 e. The Bertz CT molecular complexity index is 1440. The first-order chi connectivity index (χ1) is 19.8. The number of rotatable bonds is 7. The molecule has 2 saturated heterocycles. The number of aromatic nitrogens is 1. The molecule has 9 heteroatoms. The summed E-state index contributed by atoms with van der Waals surface area (Å²) in [5, 5.41) is 22.6. The summed E-state index contributed by atoms with van der Waals surface area (Å²) in [5.41, 5.74) is 5.52. The molecule has 0 radical (unpaired) electrons. The van der Waals surface area contributed by atoms with Crippen LogP contribution >= 0.6 is 11.3 Å². The summed E-state index contributed by atoms with van der Waals surface area (Å²) < 4.78 is 6.34. The van der Waals surface area contributed by atoms with E-state index in [0.29, 0.717) is 31.7 Å². The molecule has 4 atom stereocenters. The molecule has 2 aromatic carbocycles. The summed E-state index contributed by atoms with van der Waals surface area (Å²) in [5.74, 6) is 0.172. The molecule has 0 spiro atoms. The Morgan fingerprint density at radius 2 is 1.83 bits per heavy atom. The van der Waals surface area contributed by atoms with E-state index in [4.69, 9.17) is 9.72 Å². The molecule has 216 valence electrons. The van der Waals surface area contributed by atoms with E-state index in [1.165, 1.54) is 0 Å². The molecule has 1 unspecified atom stereocenters. The normalized spacial score (nSPS) is 24.0. The van der Waals surface area contributed by atoms with Gasteiger partial charge in [-0.3, -0.25) is 9.59 Å². The van der Waals surface area contributed by atoms with Gasteiger partial charge in [0.05, 0.1) is 17.7 Å². The van der Waals surface area contributed by atoms with Crippen LogP contribution in [0.25, 0.3) is 11.3 Å². The maximum Gasteiger partial charge on any atom is 0.307 e. The van der Waals surface area contributed by atoms with E-state index in [1.807, 2.05) is 37.3 Å². The molecule has 3 fully saturated rings. The number of β-amino-alcohol motifs (C(OH)–C–C–N with tert-alkyl or cyclic N) is 1. The van der Waals surface area contributed by atoms with E-state index < -0.39 is 12.1 Å². The molecule has 1 amide bonds. The summed E-state index contributed by atoms with van der Waals surface area (Å²) >= 11 is 1.61. The molecule has 1 aliphatic carbocycles. The van der Waals surface area contributed by atoms with Gasteiger partial charge in [0.1, 0.15) is 12.4 Å². The molecule has 2 N–H and O–H groups in total. The van der Waals surface area contributed by atoms with Crippen molar-refractivity contribution in [2.24, 2.45) is 17.8 Å². The number of carbonyl (C=O) groups is 2. The van der Waals surface area contributed by atoms with Crippen LogP contribution in [0, 0.1) is 31.6 Å². The van der Waals surface area contributed by atoms with Gasteiger partial charge in [-0.25, -0.2) is 4.98 Å². The van der Waals surface area contributed by atoms with Crippen LogP contribution in [0.5, 0.6) is 5.75 Å². The van der Waals surface area contributed by atoms with Crippen LogP contribution < -0.4 is 9.64 Å². The van der Waals surface area contributed by atoms with Gasteiger partial charge in [0, 0.05) is 42.7 Å². The first-order valence-electron chi connectivity index (χ1n) is 14.5. The number of carboxylic acids is 1. The van der Waals surface area contributed by atoms with Crippen molar-refractivity contribution in [1.29, 1.82) is 0 Å². The zero-order chi connectivity index (χ0) is 28.7. The average Bonchev–Trinajstić information content (AvgIpc) is 3.61. The highest BCUT2D eigenvalue weighted by Crippen LogP contribution is 2.43. The van der Waals surface area contributed by atoms with Crippen LogP contribution in [0.3, 0.4) is 0 Å². The van der Waals surface area contributed by atoms with E-state index in [-0.39, 0.29) is 23.7 Å². The topological polar surface area (TPSA) is 103 Å². The highest BCUT2D eigenvalue weighted by molar-refractivity contribution is 7.14. The van der Waals surface area contributed by atoms with Gasteiger partial charge in [-0.1, -0.05) is 24.1 Å². The summed E-state index contributed by atoms with van der Waals surface area (Å²) in [6.45, 7) is 6.86. The molecule has 2 aliphatic heterocycles. The van der Waals surface area contributed by atoms with Crippen LogP contribution in [-0.4, -0.2) is 64.3 Å². The zero-order valence-corrected chi connectivity index (χ0v) is 24.4. The van der Waals surface area contributed by atoms with Gasteiger partial charge < -0.3 is 24.7 Å². The zero-order valence-electron chi connectivity index (χ0n) is 23.6. The number of likely N-dealkylation sites (tertiary alicyclic amines) is 1. The summed E-state index contributed by atoms with van der Waals surface area (Å²) in [6, 6.07) is 11.8. The number of aliphatic hydroxyl groups excluding tert-OH is 1. The van der Waals surface area contributed by atoms with Crippen molar-refractivity contribution in [1.82, 2.24) is 9.88 Å². The second-order valence-corrected chi connectivity index (χ2v) is 12.7. The first-order valence-corrected chi connectivity index (χ1v) is 15.4. The first kappa shape index (κ1) is 27.7. The van der Waals surface area contributed by atoms with E-state index in [1.54, 1.807) is 16.2 Å².